The number of nitrogens with zero attached hydrogens (tertiary/aromatic N) is 3. The fraction of sp³-hybridized carbons (Fsp3) is 0. The number of para-hydroxylation sites is 1. The van der Waals surface area contributed by atoms with Gasteiger partial charge in [0, 0.05) is 27.3 Å². The van der Waals surface area contributed by atoms with Crippen molar-refractivity contribution in [3.05, 3.63) is 140 Å². The molecular weight excluding hydrogens is 486 g/mol. The predicted molar refractivity (Wildman–Crippen MR) is 166 cm³/mol. The Morgan fingerprint density at radius 1 is 0.325 bits per heavy atom. The van der Waals surface area contributed by atoms with Gasteiger partial charge in [0.05, 0.1) is 22.2 Å². The zero-order valence-corrected chi connectivity index (χ0v) is 21.6. The van der Waals surface area contributed by atoms with Gasteiger partial charge in [-0.25, -0.2) is 15.0 Å². The van der Waals surface area contributed by atoms with Crippen LogP contribution < -0.4 is 0 Å². The first-order valence-electron chi connectivity index (χ1n) is 13.5. The predicted octanol–water partition coefficient (Wildman–Crippen LogP) is 9.49. The lowest BCUT2D eigenvalue weighted by atomic mass is 9.98. The number of fused-ring (bicyclic) bond motifs is 5. The molecule has 3 heteroatoms. The first-order chi connectivity index (χ1) is 19.8. The highest BCUT2D eigenvalue weighted by atomic mass is 14.9. The van der Waals surface area contributed by atoms with E-state index in [0.717, 1.165) is 61.1 Å². The van der Waals surface area contributed by atoms with Crippen LogP contribution in [0.15, 0.2) is 140 Å². The van der Waals surface area contributed by atoms with Crippen molar-refractivity contribution in [1.82, 2.24) is 15.0 Å². The van der Waals surface area contributed by atoms with Gasteiger partial charge in [0.1, 0.15) is 0 Å². The summed E-state index contributed by atoms with van der Waals surface area (Å²) in [6.07, 6.45) is 0. The summed E-state index contributed by atoms with van der Waals surface area (Å²) in [5, 5.41) is 5.85. The van der Waals surface area contributed by atoms with Crippen LogP contribution in [0, 0.1) is 0 Å². The van der Waals surface area contributed by atoms with Crippen molar-refractivity contribution in [2.24, 2.45) is 0 Å². The van der Waals surface area contributed by atoms with Crippen LogP contribution >= 0.6 is 0 Å². The lowest BCUT2D eigenvalue weighted by Crippen LogP contribution is -1.95. The normalized spacial score (nSPS) is 11.5. The summed E-state index contributed by atoms with van der Waals surface area (Å²) in [6.45, 7) is 0. The van der Waals surface area contributed by atoms with Crippen molar-refractivity contribution in [1.29, 1.82) is 0 Å². The summed E-state index contributed by atoms with van der Waals surface area (Å²) in [5.74, 6) is 0.735. The molecule has 8 aromatic rings. The van der Waals surface area contributed by atoms with Crippen LogP contribution in [0.2, 0.25) is 0 Å². The van der Waals surface area contributed by atoms with Crippen molar-refractivity contribution in [2.45, 2.75) is 0 Å². The van der Waals surface area contributed by atoms with E-state index < -0.39 is 0 Å². The highest BCUT2D eigenvalue weighted by Gasteiger charge is 2.12. The molecule has 0 aliphatic carbocycles. The first kappa shape index (κ1) is 22.6. The fourth-order valence-electron chi connectivity index (χ4n) is 5.59. The minimum Gasteiger partial charge on any atom is -0.248 e. The van der Waals surface area contributed by atoms with Crippen LogP contribution in [-0.4, -0.2) is 15.0 Å². The number of rotatable bonds is 3. The van der Waals surface area contributed by atoms with Crippen molar-refractivity contribution in [3.63, 3.8) is 0 Å². The number of aromatic nitrogens is 3. The molecule has 0 amide bonds. The molecule has 0 aliphatic heterocycles. The Morgan fingerprint density at radius 2 is 1.00 bits per heavy atom. The van der Waals surface area contributed by atoms with Gasteiger partial charge in [-0.1, -0.05) is 115 Å². The standard InChI is InChI=1S/C37H23N3/c1-2-9-27(10-3-1)37-39-33-13-7-6-12-31(33)36(40-37)26-16-14-24(15-17-26)28-18-19-29-22-32-30-11-5-4-8-25(30)20-21-34(32)38-35(29)23-28/h1-23H. The van der Waals surface area contributed by atoms with Gasteiger partial charge in [-0.2, -0.15) is 0 Å². The van der Waals surface area contributed by atoms with E-state index in [1.165, 1.54) is 16.2 Å². The molecule has 2 aromatic heterocycles. The van der Waals surface area contributed by atoms with Crippen molar-refractivity contribution >= 4 is 43.5 Å². The lowest BCUT2D eigenvalue weighted by Gasteiger charge is -2.11. The smallest absolute Gasteiger partial charge is 0.160 e. The summed E-state index contributed by atoms with van der Waals surface area (Å²) in [5.41, 5.74) is 8.26. The topological polar surface area (TPSA) is 38.7 Å². The Hall–Kier alpha value is -5.41. The maximum absolute atomic E-state index is 5.03. The Balaban J connectivity index is 1.20. The molecule has 0 fully saturated rings. The second-order valence-corrected chi connectivity index (χ2v) is 10.1. The highest BCUT2D eigenvalue weighted by Crippen LogP contribution is 2.33. The van der Waals surface area contributed by atoms with Crippen LogP contribution in [0.25, 0.3) is 77.3 Å². The molecule has 8 rings (SSSR count). The molecular formula is C37H23N3. The van der Waals surface area contributed by atoms with Crippen LogP contribution in [0.3, 0.4) is 0 Å². The number of benzene rings is 6. The molecule has 0 spiro atoms. The van der Waals surface area contributed by atoms with Gasteiger partial charge < -0.3 is 0 Å². The summed E-state index contributed by atoms with van der Waals surface area (Å²) < 4.78 is 0. The first-order valence-corrected chi connectivity index (χ1v) is 13.5. The minimum absolute atomic E-state index is 0.735. The van der Waals surface area contributed by atoms with E-state index in [4.69, 9.17) is 15.0 Å². The molecule has 40 heavy (non-hydrogen) atoms. The Bertz CT molecular complexity index is 2200. The maximum atomic E-state index is 5.03. The Kier molecular flexibility index (Phi) is 5.14. The molecule has 0 aliphatic rings. The average molecular weight is 510 g/mol. The molecule has 3 nitrogen and oxygen atoms in total. The molecule has 0 saturated heterocycles. The summed E-state index contributed by atoms with van der Waals surface area (Å²) in [6, 6.07) is 48.6. The molecule has 6 aromatic carbocycles. The van der Waals surface area contributed by atoms with Crippen LogP contribution in [0.5, 0.6) is 0 Å². The van der Waals surface area contributed by atoms with E-state index in [1.54, 1.807) is 0 Å². The van der Waals surface area contributed by atoms with Crippen LogP contribution in [0.1, 0.15) is 0 Å². The SMILES string of the molecule is c1ccc(-c2nc(-c3ccc(-c4ccc5cc6c(ccc7ccccc76)nc5c4)cc3)c3ccccc3n2)cc1. The Labute approximate surface area is 231 Å². The summed E-state index contributed by atoms with van der Waals surface area (Å²) in [4.78, 5) is 14.9. The zero-order chi connectivity index (χ0) is 26.5. The third-order valence-corrected chi connectivity index (χ3v) is 7.65. The van der Waals surface area contributed by atoms with Crippen molar-refractivity contribution in [3.8, 4) is 33.8 Å². The van der Waals surface area contributed by atoms with Gasteiger partial charge in [-0.05, 0) is 46.2 Å². The molecule has 0 saturated carbocycles. The number of pyridine rings is 1. The van der Waals surface area contributed by atoms with Crippen molar-refractivity contribution in [2.75, 3.05) is 0 Å². The summed E-state index contributed by atoms with van der Waals surface area (Å²) in [7, 11) is 0. The Morgan fingerprint density at radius 3 is 1.88 bits per heavy atom. The van der Waals surface area contributed by atoms with Gasteiger partial charge >= 0.3 is 0 Å². The summed E-state index contributed by atoms with van der Waals surface area (Å²) >= 11 is 0. The monoisotopic (exact) mass is 509 g/mol. The number of hydrogen-bond acceptors (Lipinski definition) is 3. The molecule has 0 atom stereocenters. The third kappa shape index (κ3) is 3.79. The third-order valence-electron chi connectivity index (χ3n) is 7.65. The van der Waals surface area contributed by atoms with E-state index in [-0.39, 0.29) is 0 Å². The van der Waals surface area contributed by atoms with Gasteiger partial charge in [0.2, 0.25) is 0 Å². The van der Waals surface area contributed by atoms with E-state index >= 15 is 0 Å². The molecule has 0 bridgehead atoms. The van der Waals surface area contributed by atoms with Crippen LogP contribution in [-0.2, 0) is 0 Å². The average Bonchev–Trinajstić information content (AvgIpc) is 3.03. The zero-order valence-electron chi connectivity index (χ0n) is 21.6. The van der Waals surface area contributed by atoms with Gasteiger partial charge in [-0.3, -0.25) is 0 Å². The second-order valence-electron chi connectivity index (χ2n) is 10.1. The quantitative estimate of drug-likeness (QED) is 0.176. The van der Waals surface area contributed by atoms with Gasteiger partial charge in [-0.15, -0.1) is 0 Å². The lowest BCUT2D eigenvalue weighted by molar-refractivity contribution is 1.23. The second kappa shape index (κ2) is 9.11. The fourth-order valence-corrected chi connectivity index (χ4v) is 5.59. The minimum atomic E-state index is 0.735. The van der Waals surface area contributed by atoms with Gasteiger partial charge in [0.15, 0.2) is 5.82 Å². The largest absolute Gasteiger partial charge is 0.248 e. The molecule has 186 valence electrons. The van der Waals surface area contributed by atoms with E-state index in [0.29, 0.717) is 0 Å². The highest BCUT2D eigenvalue weighted by molar-refractivity contribution is 6.09. The van der Waals surface area contributed by atoms with Crippen LogP contribution in [0.4, 0.5) is 0 Å². The molecule has 2 heterocycles. The van der Waals surface area contributed by atoms with E-state index in [2.05, 4.69) is 109 Å². The van der Waals surface area contributed by atoms with E-state index in [9.17, 15) is 0 Å². The van der Waals surface area contributed by atoms with Crippen molar-refractivity contribution < 1.29 is 0 Å². The van der Waals surface area contributed by atoms with Gasteiger partial charge in [0.25, 0.3) is 0 Å². The number of hydrogen-bond donors (Lipinski definition) is 0. The molecule has 0 N–H and O–H groups in total. The maximum Gasteiger partial charge on any atom is 0.160 e. The van der Waals surface area contributed by atoms with E-state index in [1.807, 2.05) is 30.3 Å². The molecule has 0 radical (unpaired) electrons. The molecule has 0 unspecified atom stereocenters.